The van der Waals surface area contributed by atoms with Gasteiger partial charge in [-0.15, -0.1) is 0 Å². The Balaban J connectivity index is 2.10. The minimum absolute atomic E-state index is 0.0973. The molecular weight excluding hydrogens is 286 g/mol. The van der Waals surface area contributed by atoms with Crippen LogP contribution in [0.1, 0.15) is 21.5 Å². The molecule has 0 aliphatic heterocycles. The van der Waals surface area contributed by atoms with Crippen molar-refractivity contribution in [3.63, 3.8) is 0 Å². The quantitative estimate of drug-likeness (QED) is 0.481. The monoisotopic (exact) mass is 301 g/mol. The number of methoxy groups -OCH3 is 1. The maximum Gasteiger partial charge on any atom is 0.338 e. The molecule has 0 atom stereocenters. The zero-order valence-electron chi connectivity index (χ0n) is 12.2. The smallest absolute Gasteiger partial charge is 0.338 e. The van der Waals surface area contributed by atoms with Crippen molar-refractivity contribution >= 4 is 11.7 Å². The SMILES string of the molecule is COc1ccc(C(=O)OCc2ccc(C)cc2)cc1[N+](=O)[O-]. The van der Waals surface area contributed by atoms with E-state index in [0.29, 0.717) is 0 Å². The average molecular weight is 301 g/mol. The highest BCUT2D eigenvalue weighted by Gasteiger charge is 2.18. The van der Waals surface area contributed by atoms with E-state index in [9.17, 15) is 14.9 Å². The molecule has 0 heterocycles. The van der Waals surface area contributed by atoms with Crippen molar-refractivity contribution in [2.24, 2.45) is 0 Å². The van der Waals surface area contributed by atoms with Crippen LogP contribution in [0.5, 0.6) is 5.75 Å². The number of rotatable bonds is 5. The first kappa shape index (κ1) is 15.5. The number of benzene rings is 2. The van der Waals surface area contributed by atoms with Gasteiger partial charge < -0.3 is 9.47 Å². The largest absolute Gasteiger partial charge is 0.490 e. The third-order valence-electron chi connectivity index (χ3n) is 3.10. The van der Waals surface area contributed by atoms with Gasteiger partial charge in [0.15, 0.2) is 5.75 Å². The molecule has 0 N–H and O–H groups in total. The topological polar surface area (TPSA) is 78.7 Å². The van der Waals surface area contributed by atoms with Crippen LogP contribution in [0.4, 0.5) is 5.69 Å². The van der Waals surface area contributed by atoms with Gasteiger partial charge in [0.2, 0.25) is 0 Å². The third kappa shape index (κ3) is 3.60. The second kappa shape index (κ2) is 6.71. The fourth-order valence-electron chi connectivity index (χ4n) is 1.88. The molecule has 6 nitrogen and oxygen atoms in total. The number of nitrogens with zero attached hydrogens (tertiary/aromatic N) is 1. The van der Waals surface area contributed by atoms with E-state index in [1.54, 1.807) is 0 Å². The van der Waals surface area contributed by atoms with Crippen molar-refractivity contribution in [1.29, 1.82) is 0 Å². The van der Waals surface area contributed by atoms with Gasteiger partial charge in [-0.2, -0.15) is 0 Å². The summed E-state index contributed by atoms with van der Waals surface area (Å²) in [5.41, 5.74) is 1.80. The Morgan fingerprint density at radius 2 is 1.86 bits per heavy atom. The number of hydrogen-bond donors (Lipinski definition) is 0. The second-order valence-corrected chi connectivity index (χ2v) is 4.71. The molecule has 0 saturated carbocycles. The molecule has 0 aliphatic carbocycles. The summed E-state index contributed by atoms with van der Waals surface area (Å²) in [5.74, 6) is -0.522. The Morgan fingerprint density at radius 1 is 1.18 bits per heavy atom. The number of carbonyl (C=O) groups is 1. The van der Waals surface area contributed by atoms with E-state index in [1.165, 1.54) is 19.2 Å². The van der Waals surface area contributed by atoms with Gasteiger partial charge in [-0.25, -0.2) is 4.79 Å². The summed E-state index contributed by atoms with van der Waals surface area (Å²) >= 11 is 0. The van der Waals surface area contributed by atoms with Crippen LogP contribution >= 0.6 is 0 Å². The molecule has 2 rings (SSSR count). The Morgan fingerprint density at radius 3 is 2.45 bits per heavy atom. The summed E-state index contributed by atoms with van der Waals surface area (Å²) in [6.07, 6.45) is 0. The van der Waals surface area contributed by atoms with Crippen LogP contribution in [0.3, 0.4) is 0 Å². The predicted molar refractivity (Wildman–Crippen MR) is 79.9 cm³/mol. The lowest BCUT2D eigenvalue weighted by molar-refractivity contribution is -0.385. The number of aryl methyl sites for hydroxylation is 1. The normalized spacial score (nSPS) is 10.1. The number of hydrogen-bond acceptors (Lipinski definition) is 5. The third-order valence-corrected chi connectivity index (χ3v) is 3.10. The second-order valence-electron chi connectivity index (χ2n) is 4.71. The van der Waals surface area contributed by atoms with Gasteiger partial charge in [0.25, 0.3) is 0 Å². The summed E-state index contributed by atoms with van der Waals surface area (Å²) in [6, 6.07) is 11.5. The lowest BCUT2D eigenvalue weighted by Crippen LogP contribution is -2.06. The Hall–Kier alpha value is -2.89. The van der Waals surface area contributed by atoms with Crippen molar-refractivity contribution in [2.75, 3.05) is 7.11 Å². The molecule has 6 heteroatoms. The molecular formula is C16H15NO5. The highest BCUT2D eigenvalue weighted by atomic mass is 16.6. The lowest BCUT2D eigenvalue weighted by Gasteiger charge is -2.07. The van der Waals surface area contributed by atoms with Crippen molar-refractivity contribution in [1.82, 2.24) is 0 Å². The van der Waals surface area contributed by atoms with Gasteiger partial charge in [-0.05, 0) is 24.6 Å². The molecule has 114 valence electrons. The molecule has 0 spiro atoms. The number of ether oxygens (including phenoxy) is 2. The van der Waals surface area contributed by atoms with Crippen molar-refractivity contribution in [3.8, 4) is 5.75 Å². The zero-order valence-corrected chi connectivity index (χ0v) is 12.2. The van der Waals surface area contributed by atoms with Crippen LogP contribution in [0, 0.1) is 17.0 Å². The van der Waals surface area contributed by atoms with E-state index < -0.39 is 10.9 Å². The minimum Gasteiger partial charge on any atom is -0.490 e. The van der Waals surface area contributed by atoms with Crippen LogP contribution in [-0.4, -0.2) is 18.0 Å². The van der Waals surface area contributed by atoms with E-state index in [-0.39, 0.29) is 23.6 Å². The first-order valence-electron chi connectivity index (χ1n) is 6.56. The number of carbonyl (C=O) groups excluding carboxylic acids is 1. The van der Waals surface area contributed by atoms with Gasteiger partial charge in [0.05, 0.1) is 17.6 Å². The van der Waals surface area contributed by atoms with E-state index >= 15 is 0 Å². The molecule has 22 heavy (non-hydrogen) atoms. The van der Waals surface area contributed by atoms with Crippen molar-refractivity contribution < 1.29 is 19.2 Å². The van der Waals surface area contributed by atoms with Crippen LogP contribution in [0.15, 0.2) is 42.5 Å². The maximum atomic E-state index is 12.0. The predicted octanol–water partition coefficient (Wildman–Crippen LogP) is 3.27. The average Bonchev–Trinajstić information content (AvgIpc) is 2.53. The summed E-state index contributed by atoms with van der Waals surface area (Å²) in [6.45, 7) is 2.07. The van der Waals surface area contributed by atoms with Crippen molar-refractivity contribution in [3.05, 3.63) is 69.3 Å². The van der Waals surface area contributed by atoms with Crippen molar-refractivity contribution in [2.45, 2.75) is 13.5 Å². The molecule has 0 bridgehead atoms. The molecule has 2 aromatic rings. The molecule has 0 unspecified atom stereocenters. The molecule has 0 aliphatic rings. The van der Waals surface area contributed by atoms with Gasteiger partial charge in [-0.1, -0.05) is 29.8 Å². The Kier molecular flexibility index (Phi) is 4.73. The summed E-state index contributed by atoms with van der Waals surface area (Å²) < 4.78 is 10.0. The number of esters is 1. The number of nitro benzene ring substituents is 1. The highest BCUT2D eigenvalue weighted by molar-refractivity contribution is 5.90. The molecule has 0 saturated heterocycles. The first-order chi connectivity index (χ1) is 10.5. The van der Waals surface area contributed by atoms with Gasteiger partial charge in [-0.3, -0.25) is 10.1 Å². The molecule has 0 aromatic heterocycles. The standard InChI is InChI=1S/C16H15NO5/c1-11-3-5-12(6-4-11)10-22-16(18)13-7-8-15(21-2)14(9-13)17(19)20/h3-9H,10H2,1-2H3. The van der Waals surface area contributed by atoms with E-state index in [0.717, 1.165) is 17.2 Å². The maximum absolute atomic E-state index is 12.0. The zero-order chi connectivity index (χ0) is 16.1. The fourth-order valence-corrected chi connectivity index (χ4v) is 1.88. The van der Waals surface area contributed by atoms with E-state index in [2.05, 4.69) is 0 Å². The summed E-state index contributed by atoms with van der Waals surface area (Å²) in [4.78, 5) is 22.3. The summed E-state index contributed by atoms with van der Waals surface area (Å²) in [5, 5.41) is 10.9. The van der Waals surface area contributed by atoms with E-state index in [1.807, 2.05) is 31.2 Å². The molecule has 0 fully saturated rings. The lowest BCUT2D eigenvalue weighted by atomic mass is 10.1. The van der Waals surface area contributed by atoms with Crippen LogP contribution < -0.4 is 4.74 Å². The van der Waals surface area contributed by atoms with Gasteiger partial charge >= 0.3 is 11.7 Å². The Bertz CT molecular complexity index is 694. The fraction of sp³-hybridized carbons (Fsp3) is 0.188. The van der Waals surface area contributed by atoms with Crippen LogP contribution in [0.2, 0.25) is 0 Å². The van der Waals surface area contributed by atoms with Gasteiger partial charge in [0, 0.05) is 6.07 Å². The first-order valence-corrected chi connectivity index (χ1v) is 6.56. The molecule has 0 amide bonds. The highest BCUT2D eigenvalue weighted by Crippen LogP contribution is 2.27. The van der Waals surface area contributed by atoms with Crippen LogP contribution in [-0.2, 0) is 11.3 Å². The van der Waals surface area contributed by atoms with Crippen LogP contribution in [0.25, 0.3) is 0 Å². The van der Waals surface area contributed by atoms with Gasteiger partial charge in [0.1, 0.15) is 6.61 Å². The minimum atomic E-state index is -0.619. The molecule has 0 radical (unpaired) electrons. The number of nitro groups is 1. The van der Waals surface area contributed by atoms with E-state index in [4.69, 9.17) is 9.47 Å². The summed E-state index contributed by atoms with van der Waals surface area (Å²) in [7, 11) is 1.33. The molecule has 2 aromatic carbocycles. The Labute approximate surface area is 127 Å².